The van der Waals surface area contributed by atoms with Crippen LogP contribution in [-0.4, -0.2) is 19.6 Å². The van der Waals surface area contributed by atoms with E-state index in [0.29, 0.717) is 16.6 Å². The second kappa shape index (κ2) is 7.80. The molecule has 0 aliphatic carbocycles. The molecule has 2 aromatic heterocycles. The third-order valence-electron chi connectivity index (χ3n) is 4.61. The van der Waals surface area contributed by atoms with Gasteiger partial charge in [0.1, 0.15) is 0 Å². The molecule has 0 radical (unpaired) electrons. The Kier molecular flexibility index (Phi) is 5.36. The van der Waals surface area contributed by atoms with Crippen LogP contribution in [0.2, 0.25) is 0 Å². The first-order valence-corrected chi connectivity index (χ1v) is 11.1. The van der Waals surface area contributed by atoms with Crippen LogP contribution in [0.1, 0.15) is 31.9 Å². The summed E-state index contributed by atoms with van der Waals surface area (Å²) in [6, 6.07) is 18.0. The van der Waals surface area contributed by atoms with Crippen molar-refractivity contribution >= 4 is 33.3 Å². The van der Waals surface area contributed by atoms with Crippen molar-refractivity contribution in [3.05, 3.63) is 80.6 Å². The number of H-pyrrole nitrogens is 1. The molecule has 0 saturated heterocycles. The number of nitrogens with zero attached hydrogens (tertiary/aromatic N) is 3. The quantitative estimate of drug-likeness (QED) is 0.405. The van der Waals surface area contributed by atoms with Crippen LogP contribution >= 0.6 is 27.7 Å². The summed E-state index contributed by atoms with van der Waals surface area (Å²) < 4.78 is 2.70. The highest BCUT2D eigenvalue weighted by Gasteiger charge is 2.15. The minimum absolute atomic E-state index is 0.0863. The SMILES string of the molecule is CC(C)(C)c1ccc(-c2nc(SCc3ccc(Br)cc3)n3[nH]c(=O)cc3n2)cc1. The molecule has 7 heteroatoms. The van der Waals surface area contributed by atoms with E-state index in [9.17, 15) is 4.79 Å². The summed E-state index contributed by atoms with van der Waals surface area (Å²) in [5, 5.41) is 3.49. The van der Waals surface area contributed by atoms with Crippen LogP contribution in [0.3, 0.4) is 0 Å². The number of nitrogens with one attached hydrogen (secondary N) is 1. The Bertz CT molecular complexity index is 1210. The van der Waals surface area contributed by atoms with Crippen molar-refractivity contribution in [2.24, 2.45) is 0 Å². The van der Waals surface area contributed by atoms with Crippen LogP contribution in [0.25, 0.3) is 17.0 Å². The molecule has 1 N–H and O–H groups in total. The maximum atomic E-state index is 11.9. The Hall–Kier alpha value is -2.38. The first-order chi connectivity index (χ1) is 13.8. The van der Waals surface area contributed by atoms with Gasteiger partial charge in [-0.3, -0.25) is 9.89 Å². The van der Waals surface area contributed by atoms with E-state index in [-0.39, 0.29) is 11.0 Å². The molecule has 5 nitrogen and oxygen atoms in total. The van der Waals surface area contributed by atoms with Gasteiger partial charge in [-0.05, 0) is 28.7 Å². The van der Waals surface area contributed by atoms with Crippen molar-refractivity contribution in [3.8, 4) is 11.4 Å². The van der Waals surface area contributed by atoms with Gasteiger partial charge in [0.2, 0.25) is 0 Å². The molecule has 0 spiro atoms. The molecule has 2 aromatic carbocycles. The first kappa shape index (κ1) is 19.9. The van der Waals surface area contributed by atoms with Gasteiger partial charge in [0.25, 0.3) is 5.56 Å². The van der Waals surface area contributed by atoms with Crippen LogP contribution in [0.5, 0.6) is 0 Å². The second-order valence-electron chi connectivity index (χ2n) is 7.89. The number of benzene rings is 2. The van der Waals surface area contributed by atoms with Crippen LogP contribution < -0.4 is 5.56 Å². The molecule has 0 aliphatic rings. The standard InChI is InChI=1S/C22H21BrN4OS/c1-22(2,3)16-8-6-15(7-9-16)20-24-18-12-19(28)26-27(18)21(25-20)29-13-14-4-10-17(23)11-5-14/h4-12H,13H2,1-3H3,(H,26,28). The number of aromatic amines is 1. The van der Waals surface area contributed by atoms with E-state index >= 15 is 0 Å². The Morgan fingerprint density at radius 2 is 1.72 bits per heavy atom. The number of fused-ring (bicyclic) bond motifs is 1. The fraction of sp³-hybridized carbons (Fsp3) is 0.227. The zero-order valence-electron chi connectivity index (χ0n) is 16.4. The lowest BCUT2D eigenvalue weighted by atomic mass is 9.87. The van der Waals surface area contributed by atoms with Gasteiger partial charge in [0.15, 0.2) is 16.6 Å². The van der Waals surface area contributed by atoms with E-state index in [1.54, 1.807) is 16.3 Å². The highest BCUT2D eigenvalue weighted by Crippen LogP contribution is 2.27. The van der Waals surface area contributed by atoms with Crippen LogP contribution in [0.15, 0.2) is 69.0 Å². The van der Waals surface area contributed by atoms with E-state index in [4.69, 9.17) is 4.98 Å². The second-order valence-corrected chi connectivity index (χ2v) is 9.74. The lowest BCUT2D eigenvalue weighted by Gasteiger charge is -2.19. The minimum atomic E-state index is -0.190. The van der Waals surface area contributed by atoms with Crippen molar-refractivity contribution in [2.75, 3.05) is 0 Å². The van der Waals surface area contributed by atoms with E-state index < -0.39 is 0 Å². The average Bonchev–Trinajstić information content (AvgIpc) is 3.07. The first-order valence-electron chi connectivity index (χ1n) is 9.27. The third-order valence-corrected chi connectivity index (χ3v) is 6.15. The molecule has 148 valence electrons. The van der Waals surface area contributed by atoms with Crippen LogP contribution in [0, 0.1) is 0 Å². The maximum absolute atomic E-state index is 11.9. The number of hydrogen-bond acceptors (Lipinski definition) is 4. The lowest BCUT2D eigenvalue weighted by Crippen LogP contribution is -2.10. The third kappa shape index (κ3) is 4.46. The Labute approximate surface area is 181 Å². The molecule has 0 amide bonds. The number of halogens is 1. The molecular weight excluding hydrogens is 448 g/mol. The summed E-state index contributed by atoms with van der Waals surface area (Å²) in [6.07, 6.45) is 0. The van der Waals surface area contributed by atoms with Crippen molar-refractivity contribution in [1.29, 1.82) is 0 Å². The van der Waals surface area contributed by atoms with E-state index in [1.165, 1.54) is 17.2 Å². The van der Waals surface area contributed by atoms with Gasteiger partial charge in [0, 0.05) is 21.9 Å². The zero-order chi connectivity index (χ0) is 20.6. The van der Waals surface area contributed by atoms with Crippen molar-refractivity contribution in [3.63, 3.8) is 0 Å². The highest BCUT2D eigenvalue weighted by molar-refractivity contribution is 9.10. The van der Waals surface area contributed by atoms with Gasteiger partial charge < -0.3 is 0 Å². The largest absolute Gasteiger partial charge is 0.268 e. The Morgan fingerprint density at radius 3 is 2.38 bits per heavy atom. The lowest BCUT2D eigenvalue weighted by molar-refractivity contribution is 0.590. The fourth-order valence-corrected chi connectivity index (χ4v) is 4.13. The van der Waals surface area contributed by atoms with Gasteiger partial charge >= 0.3 is 0 Å². The minimum Gasteiger partial charge on any atom is -0.268 e. The molecule has 0 atom stereocenters. The predicted molar refractivity (Wildman–Crippen MR) is 121 cm³/mol. The molecule has 0 unspecified atom stereocenters. The normalized spacial score (nSPS) is 11.9. The molecule has 2 heterocycles. The fourth-order valence-electron chi connectivity index (χ4n) is 2.96. The summed E-state index contributed by atoms with van der Waals surface area (Å²) in [5.74, 6) is 1.35. The number of hydrogen-bond donors (Lipinski definition) is 1. The summed E-state index contributed by atoms with van der Waals surface area (Å²) in [7, 11) is 0. The number of thioether (sulfide) groups is 1. The summed E-state index contributed by atoms with van der Waals surface area (Å²) in [5.41, 5.74) is 3.83. The van der Waals surface area contributed by atoms with E-state index in [0.717, 1.165) is 15.8 Å². The van der Waals surface area contributed by atoms with Gasteiger partial charge in [-0.1, -0.05) is 84.9 Å². The predicted octanol–water partition coefficient (Wildman–Crippen LogP) is 5.44. The Balaban J connectivity index is 1.70. The van der Waals surface area contributed by atoms with E-state index in [2.05, 4.69) is 71.0 Å². The van der Waals surface area contributed by atoms with E-state index in [1.807, 2.05) is 24.3 Å². The molecular formula is C22H21BrN4OS. The molecule has 0 fully saturated rings. The number of rotatable bonds is 4. The maximum Gasteiger partial charge on any atom is 0.266 e. The van der Waals surface area contributed by atoms with Gasteiger partial charge in [-0.25, -0.2) is 14.5 Å². The summed E-state index contributed by atoms with van der Waals surface area (Å²) in [6.45, 7) is 6.56. The van der Waals surface area contributed by atoms with Crippen molar-refractivity contribution in [2.45, 2.75) is 37.1 Å². The molecule has 0 saturated carbocycles. The monoisotopic (exact) mass is 468 g/mol. The number of aromatic nitrogens is 4. The molecule has 4 rings (SSSR count). The zero-order valence-corrected chi connectivity index (χ0v) is 18.8. The van der Waals surface area contributed by atoms with Gasteiger partial charge in [-0.2, -0.15) is 0 Å². The molecule has 0 aliphatic heterocycles. The van der Waals surface area contributed by atoms with Gasteiger partial charge in [-0.15, -0.1) is 0 Å². The van der Waals surface area contributed by atoms with Crippen LogP contribution in [0.4, 0.5) is 0 Å². The Morgan fingerprint density at radius 1 is 1.03 bits per heavy atom. The smallest absolute Gasteiger partial charge is 0.266 e. The van der Waals surface area contributed by atoms with Crippen LogP contribution in [-0.2, 0) is 11.2 Å². The topological polar surface area (TPSA) is 63.1 Å². The average molecular weight is 469 g/mol. The van der Waals surface area contributed by atoms with Crippen molar-refractivity contribution < 1.29 is 0 Å². The van der Waals surface area contributed by atoms with Gasteiger partial charge in [0.05, 0.1) is 0 Å². The highest BCUT2D eigenvalue weighted by atomic mass is 79.9. The molecule has 4 aromatic rings. The summed E-state index contributed by atoms with van der Waals surface area (Å²) >= 11 is 5.02. The summed E-state index contributed by atoms with van der Waals surface area (Å²) in [4.78, 5) is 21.2. The van der Waals surface area contributed by atoms with Crippen molar-refractivity contribution in [1.82, 2.24) is 19.6 Å². The molecule has 0 bridgehead atoms. The molecule has 29 heavy (non-hydrogen) atoms.